The van der Waals surface area contributed by atoms with Crippen molar-refractivity contribution in [2.45, 2.75) is 19.4 Å². The van der Waals surface area contributed by atoms with Crippen molar-refractivity contribution in [3.63, 3.8) is 0 Å². The molecule has 0 saturated carbocycles. The Morgan fingerprint density at radius 1 is 1.15 bits per heavy atom. The Morgan fingerprint density at radius 2 is 1.88 bits per heavy atom. The van der Waals surface area contributed by atoms with Crippen molar-refractivity contribution >= 4 is 5.91 Å². The van der Waals surface area contributed by atoms with Gasteiger partial charge in [-0.05, 0) is 24.1 Å². The molecule has 1 unspecified atom stereocenters. The quantitative estimate of drug-likeness (QED) is 0.867. The lowest BCUT2D eigenvalue weighted by molar-refractivity contribution is -0.136. The van der Waals surface area contributed by atoms with Gasteiger partial charge in [0.1, 0.15) is 11.5 Å². The summed E-state index contributed by atoms with van der Waals surface area (Å²) in [5.41, 5.74) is 2.13. The standard InChI is InChI=1S/C21H26N2O3/c1-3-16-8-4-6-10-19(16)26-15-21(24)23-13-12-22-14-18(23)17-9-5-7-11-20(17)25-2/h4-11,18,22H,3,12-15H2,1-2H3. The molecule has 26 heavy (non-hydrogen) atoms. The van der Waals surface area contributed by atoms with Gasteiger partial charge in [-0.2, -0.15) is 0 Å². The summed E-state index contributed by atoms with van der Waals surface area (Å²) in [5.74, 6) is 1.58. The van der Waals surface area contributed by atoms with E-state index in [0.717, 1.165) is 35.6 Å². The van der Waals surface area contributed by atoms with E-state index < -0.39 is 0 Å². The molecule has 0 aliphatic carbocycles. The minimum absolute atomic E-state index is 0.00619. The number of hydrogen-bond acceptors (Lipinski definition) is 4. The molecule has 5 nitrogen and oxygen atoms in total. The second kappa shape index (κ2) is 8.72. The number of carbonyl (C=O) groups excluding carboxylic acids is 1. The lowest BCUT2D eigenvalue weighted by Gasteiger charge is -2.37. The number of para-hydroxylation sites is 2. The van der Waals surface area contributed by atoms with E-state index in [1.54, 1.807) is 7.11 Å². The fourth-order valence-corrected chi connectivity index (χ4v) is 3.38. The van der Waals surface area contributed by atoms with Crippen molar-refractivity contribution < 1.29 is 14.3 Å². The molecule has 1 saturated heterocycles. The summed E-state index contributed by atoms with van der Waals surface area (Å²) in [6.45, 7) is 4.27. The average Bonchev–Trinajstić information content (AvgIpc) is 2.72. The minimum Gasteiger partial charge on any atom is -0.496 e. The molecular weight excluding hydrogens is 328 g/mol. The van der Waals surface area contributed by atoms with Crippen LogP contribution in [0.15, 0.2) is 48.5 Å². The van der Waals surface area contributed by atoms with Gasteiger partial charge < -0.3 is 19.7 Å². The fourth-order valence-electron chi connectivity index (χ4n) is 3.38. The smallest absolute Gasteiger partial charge is 0.261 e. The number of amides is 1. The number of benzene rings is 2. The van der Waals surface area contributed by atoms with E-state index >= 15 is 0 Å². The molecule has 1 aliphatic rings. The van der Waals surface area contributed by atoms with Gasteiger partial charge in [-0.15, -0.1) is 0 Å². The summed E-state index contributed by atoms with van der Waals surface area (Å²) < 4.78 is 11.3. The number of nitrogens with zero attached hydrogens (tertiary/aromatic N) is 1. The molecule has 1 N–H and O–H groups in total. The minimum atomic E-state index is -0.0579. The Bertz CT molecular complexity index is 748. The molecule has 1 amide bonds. The molecule has 0 bridgehead atoms. The Labute approximate surface area is 154 Å². The van der Waals surface area contributed by atoms with Crippen LogP contribution in [-0.2, 0) is 11.2 Å². The maximum atomic E-state index is 12.9. The van der Waals surface area contributed by atoms with E-state index in [-0.39, 0.29) is 18.6 Å². The van der Waals surface area contributed by atoms with Crippen molar-refractivity contribution in [2.24, 2.45) is 0 Å². The second-order valence-corrected chi connectivity index (χ2v) is 6.30. The second-order valence-electron chi connectivity index (χ2n) is 6.30. The molecule has 3 rings (SSSR count). The van der Waals surface area contributed by atoms with E-state index in [9.17, 15) is 4.79 Å². The highest BCUT2D eigenvalue weighted by Crippen LogP contribution is 2.30. The number of aryl methyl sites for hydroxylation is 1. The predicted octanol–water partition coefficient (Wildman–Crippen LogP) is 2.81. The van der Waals surface area contributed by atoms with Gasteiger partial charge in [-0.1, -0.05) is 43.3 Å². The predicted molar refractivity (Wildman–Crippen MR) is 102 cm³/mol. The molecule has 1 heterocycles. The highest BCUT2D eigenvalue weighted by Gasteiger charge is 2.30. The number of nitrogens with one attached hydrogen (secondary N) is 1. The third kappa shape index (κ3) is 3.99. The number of hydrogen-bond donors (Lipinski definition) is 1. The van der Waals surface area contributed by atoms with Crippen molar-refractivity contribution in [3.05, 3.63) is 59.7 Å². The molecule has 2 aromatic rings. The SMILES string of the molecule is CCc1ccccc1OCC(=O)N1CCNCC1c1ccccc1OC. The van der Waals surface area contributed by atoms with E-state index in [4.69, 9.17) is 9.47 Å². The third-order valence-corrected chi connectivity index (χ3v) is 4.77. The molecule has 2 aromatic carbocycles. The molecule has 0 radical (unpaired) electrons. The molecule has 5 heteroatoms. The number of methoxy groups -OCH3 is 1. The van der Waals surface area contributed by atoms with Crippen LogP contribution in [0.25, 0.3) is 0 Å². The zero-order chi connectivity index (χ0) is 18.4. The molecule has 1 fully saturated rings. The summed E-state index contributed by atoms with van der Waals surface area (Å²) in [6, 6.07) is 15.7. The van der Waals surface area contributed by atoms with E-state index in [2.05, 4.69) is 12.2 Å². The Balaban J connectivity index is 1.74. The van der Waals surface area contributed by atoms with Gasteiger partial charge in [0.05, 0.1) is 13.2 Å². The molecule has 1 atom stereocenters. The number of ether oxygens (including phenoxy) is 2. The first kappa shape index (κ1) is 18.3. The zero-order valence-electron chi connectivity index (χ0n) is 15.4. The van der Waals surface area contributed by atoms with Gasteiger partial charge in [0, 0.05) is 25.2 Å². The highest BCUT2D eigenvalue weighted by molar-refractivity contribution is 5.78. The molecule has 138 valence electrons. The van der Waals surface area contributed by atoms with Gasteiger partial charge >= 0.3 is 0 Å². The molecule has 0 aromatic heterocycles. The van der Waals surface area contributed by atoms with E-state index in [1.165, 1.54) is 0 Å². The monoisotopic (exact) mass is 354 g/mol. The van der Waals surface area contributed by atoms with Crippen LogP contribution in [0.3, 0.4) is 0 Å². The van der Waals surface area contributed by atoms with Gasteiger partial charge in [0.15, 0.2) is 6.61 Å². The molecule has 0 spiro atoms. The molecule has 1 aliphatic heterocycles. The van der Waals surface area contributed by atoms with Crippen molar-refractivity contribution in [3.8, 4) is 11.5 Å². The van der Waals surface area contributed by atoms with Gasteiger partial charge in [0.25, 0.3) is 5.91 Å². The third-order valence-electron chi connectivity index (χ3n) is 4.77. The number of piperazine rings is 1. The summed E-state index contributed by atoms with van der Waals surface area (Å²) in [7, 11) is 1.66. The number of rotatable bonds is 6. The number of carbonyl (C=O) groups is 1. The van der Waals surface area contributed by atoms with Gasteiger partial charge in [0.2, 0.25) is 0 Å². The largest absolute Gasteiger partial charge is 0.496 e. The lowest BCUT2D eigenvalue weighted by Crippen LogP contribution is -2.50. The highest BCUT2D eigenvalue weighted by atomic mass is 16.5. The van der Waals surface area contributed by atoms with Crippen LogP contribution in [0.1, 0.15) is 24.1 Å². The Morgan fingerprint density at radius 3 is 2.65 bits per heavy atom. The van der Waals surface area contributed by atoms with Crippen LogP contribution in [0.2, 0.25) is 0 Å². The van der Waals surface area contributed by atoms with Gasteiger partial charge in [-0.25, -0.2) is 0 Å². The van der Waals surface area contributed by atoms with E-state index in [0.29, 0.717) is 13.1 Å². The van der Waals surface area contributed by atoms with E-state index in [1.807, 2.05) is 53.4 Å². The summed E-state index contributed by atoms with van der Waals surface area (Å²) in [6.07, 6.45) is 0.877. The van der Waals surface area contributed by atoms with Gasteiger partial charge in [-0.3, -0.25) is 4.79 Å². The summed E-state index contributed by atoms with van der Waals surface area (Å²) >= 11 is 0. The Kier molecular flexibility index (Phi) is 6.12. The topological polar surface area (TPSA) is 50.8 Å². The maximum absolute atomic E-state index is 12.9. The summed E-state index contributed by atoms with van der Waals surface area (Å²) in [5, 5.41) is 3.37. The summed E-state index contributed by atoms with van der Waals surface area (Å²) in [4.78, 5) is 14.8. The average molecular weight is 354 g/mol. The first-order valence-electron chi connectivity index (χ1n) is 9.08. The van der Waals surface area contributed by atoms with Crippen molar-refractivity contribution in [1.82, 2.24) is 10.2 Å². The van der Waals surface area contributed by atoms with Crippen LogP contribution < -0.4 is 14.8 Å². The van der Waals surface area contributed by atoms with Crippen molar-refractivity contribution in [2.75, 3.05) is 33.4 Å². The first-order valence-corrected chi connectivity index (χ1v) is 9.08. The van der Waals surface area contributed by atoms with Crippen LogP contribution in [0.4, 0.5) is 0 Å². The van der Waals surface area contributed by atoms with Crippen LogP contribution in [-0.4, -0.2) is 44.2 Å². The zero-order valence-corrected chi connectivity index (χ0v) is 15.4. The maximum Gasteiger partial charge on any atom is 0.261 e. The first-order chi connectivity index (χ1) is 12.7. The van der Waals surface area contributed by atoms with Crippen LogP contribution in [0.5, 0.6) is 11.5 Å². The Hall–Kier alpha value is -2.53. The molecular formula is C21H26N2O3. The lowest BCUT2D eigenvalue weighted by atomic mass is 10.0. The fraction of sp³-hybridized carbons (Fsp3) is 0.381. The van der Waals surface area contributed by atoms with Crippen molar-refractivity contribution in [1.29, 1.82) is 0 Å². The van der Waals surface area contributed by atoms with Crippen LogP contribution >= 0.6 is 0 Å². The van der Waals surface area contributed by atoms with Crippen LogP contribution in [0, 0.1) is 0 Å². The normalized spacial score (nSPS) is 17.0.